The summed E-state index contributed by atoms with van der Waals surface area (Å²) in [7, 11) is 1.92. The zero-order valence-electron chi connectivity index (χ0n) is 13.1. The zero-order chi connectivity index (χ0) is 17.0. The predicted octanol–water partition coefficient (Wildman–Crippen LogP) is 4.18. The van der Waals surface area contributed by atoms with E-state index in [1.165, 1.54) is 11.3 Å². The second-order valence-corrected chi connectivity index (χ2v) is 7.28. The first kappa shape index (κ1) is 15.6. The number of halogens is 2. The van der Waals surface area contributed by atoms with Gasteiger partial charge in [0.15, 0.2) is 10.8 Å². The number of hydrogen-bond acceptors (Lipinski definition) is 5. The maximum atomic E-state index is 6.09. The van der Waals surface area contributed by atoms with Crippen LogP contribution in [0.3, 0.4) is 0 Å². The molecule has 0 atom stereocenters. The number of aromatic nitrogens is 6. The maximum Gasteiger partial charge on any atom is 0.235 e. The van der Waals surface area contributed by atoms with Crippen molar-refractivity contribution in [1.82, 2.24) is 29.6 Å². The van der Waals surface area contributed by atoms with E-state index in [1.807, 2.05) is 25.6 Å². The van der Waals surface area contributed by atoms with Crippen LogP contribution < -0.4 is 0 Å². The molecule has 6 nitrogen and oxygen atoms in total. The third-order valence-corrected chi connectivity index (χ3v) is 5.19. The van der Waals surface area contributed by atoms with E-state index in [0.717, 1.165) is 27.5 Å². The van der Waals surface area contributed by atoms with Gasteiger partial charge in [-0.1, -0.05) is 34.5 Å². The average Bonchev–Trinajstić information content (AvgIpc) is 3.12. The smallest absolute Gasteiger partial charge is 0.235 e. The minimum atomic E-state index is 0.545. The van der Waals surface area contributed by atoms with Crippen LogP contribution in [0.1, 0.15) is 11.4 Å². The van der Waals surface area contributed by atoms with Gasteiger partial charge >= 0.3 is 0 Å². The Labute approximate surface area is 151 Å². The summed E-state index contributed by atoms with van der Waals surface area (Å²) in [4.78, 5) is 0.707. The molecule has 0 aliphatic heterocycles. The Kier molecular flexibility index (Phi) is 3.59. The van der Waals surface area contributed by atoms with Crippen molar-refractivity contribution in [3.8, 4) is 22.0 Å². The second-order valence-electron chi connectivity index (χ2n) is 5.45. The highest BCUT2D eigenvalue weighted by atomic mass is 35.5. The average molecular weight is 379 g/mol. The Balaban J connectivity index is 1.90. The Morgan fingerprint density at radius 1 is 1.00 bits per heavy atom. The molecular formula is C15H12Cl2N6S. The van der Waals surface area contributed by atoms with Gasteiger partial charge in [-0.3, -0.25) is 4.68 Å². The van der Waals surface area contributed by atoms with E-state index >= 15 is 0 Å². The van der Waals surface area contributed by atoms with Crippen LogP contribution >= 0.6 is 34.5 Å². The molecular weight excluding hydrogens is 367 g/mol. The first-order valence-electron chi connectivity index (χ1n) is 7.13. The summed E-state index contributed by atoms with van der Waals surface area (Å²) in [6.07, 6.45) is 0. The molecule has 0 N–H and O–H groups in total. The van der Waals surface area contributed by atoms with Gasteiger partial charge in [0, 0.05) is 28.4 Å². The number of hydrogen-bond donors (Lipinski definition) is 0. The fourth-order valence-corrected chi connectivity index (χ4v) is 4.18. The molecule has 3 aromatic heterocycles. The summed E-state index contributed by atoms with van der Waals surface area (Å²) >= 11 is 13.7. The zero-order valence-corrected chi connectivity index (χ0v) is 15.4. The van der Waals surface area contributed by atoms with Crippen LogP contribution in [0.15, 0.2) is 18.2 Å². The Morgan fingerprint density at radius 2 is 1.71 bits per heavy atom. The standard InChI is InChI=1S/C15H12Cl2N6S/c1-7-12(8(2)22(3)20-7)14-21-23-13(18-19-15(23)24-14)9-4-10(16)6-11(17)5-9/h4-6H,1-3H3. The van der Waals surface area contributed by atoms with Crippen molar-refractivity contribution < 1.29 is 0 Å². The first-order chi connectivity index (χ1) is 11.4. The topological polar surface area (TPSA) is 60.9 Å². The van der Waals surface area contributed by atoms with E-state index in [1.54, 1.807) is 22.7 Å². The molecule has 4 rings (SSSR count). The number of rotatable bonds is 2. The summed E-state index contributed by atoms with van der Waals surface area (Å²) in [5.41, 5.74) is 3.80. The largest absolute Gasteiger partial charge is 0.272 e. The van der Waals surface area contributed by atoms with Crippen LogP contribution in [0.25, 0.3) is 26.9 Å². The van der Waals surface area contributed by atoms with Gasteiger partial charge in [0.2, 0.25) is 4.96 Å². The Bertz CT molecular complexity index is 1060. The minimum Gasteiger partial charge on any atom is -0.272 e. The normalized spacial score (nSPS) is 11.5. The Morgan fingerprint density at radius 3 is 2.33 bits per heavy atom. The van der Waals surface area contributed by atoms with Crippen molar-refractivity contribution in [2.75, 3.05) is 0 Å². The van der Waals surface area contributed by atoms with Gasteiger partial charge in [0.25, 0.3) is 0 Å². The minimum absolute atomic E-state index is 0.545. The lowest BCUT2D eigenvalue weighted by Crippen LogP contribution is -1.93. The lowest BCUT2D eigenvalue weighted by atomic mass is 10.2. The van der Waals surface area contributed by atoms with Crippen molar-refractivity contribution in [2.45, 2.75) is 13.8 Å². The quantitative estimate of drug-likeness (QED) is 0.524. The van der Waals surface area contributed by atoms with Crippen molar-refractivity contribution in [2.24, 2.45) is 7.05 Å². The fraction of sp³-hybridized carbons (Fsp3) is 0.200. The summed E-state index contributed by atoms with van der Waals surface area (Å²) in [5.74, 6) is 0.607. The molecule has 0 unspecified atom stereocenters. The van der Waals surface area contributed by atoms with Crippen molar-refractivity contribution in [3.63, 3.8) is 0 Å². The van der Waals surface area contributed by atoms with E-state index in [2.05, 4.69) is 20.4 Å². The van der Waals surface area contributed by atoms with Gasteiger partial charge in [-0.05, 0) is 32.0 Å². The number of aryl methyl sites for hydroxylation is 2. The van der Waals surface area contributed by atoms with Crippen LogP contribution in [0.4, 0.5) is 0 Å². The van der Waals surface area contributed by atoms with Gasteiger partial charge in [-0.25, -0.2) is 0 Å². The molecule has 0 saturated heterocycles. The van der Waals surface area contributed by atoms with Crippen molar-refractivity contribution in [3.05, 3.63) is 39.6 Å². The molecule has 122 valence electrons. The number of fused-ring (bicyclic) bond motifs is 1. The van der Waals surface area contributed by atoms with Crippen LogP contribution in [0.2, 0.25) is 10.0 Å². The summed E-state index contributed by atoms with van der Waals surface area (Å²) < 4.78 is 3.57. The van der Waals surface area contributed by atoms with Crippen LogP contribution in [0, 0.1) is 13.8 Å². The van der Waals surface area contributed by atoms with Crippen LogP contribution in [-0.2, 0) is 7.05 Å². The molecule has 24 heavy (non-hydrogen) atoms. The third kappa shape index (κ3) is 2.40. The molecule has 0 radical (unpaired) electrons. The highest BCUT2D eigenvalue weighted by Gasteiger charge is 2.19. The van der Waals surface area contributed by atoms with Gasteiger partial charge in [-0.2, -0.15) is 14.7 Å². The molecule has 4 aromatic rings. The van der Waals surface area contributed by atoms with Crippen molar-refractivity contribution in [1.29, 1.82) is 0 Å². The molecule has 0 spiro atoms. The van der Waals surface area contributed by atoms with Gasteiger partial charge < -0.3 is 0 Å². The van der Waals surface area contributed by atoms with Crippen molar-refractivity contribution >= 4 is 39.5 Å². The second kappa shape index (κ2) is 5.54. The Hall–Kier alpha value is -1.96. The third-order valence-electron chi connectivity index (χ3n) is 3.83. The highest BCUT2D eigenvalue weighted by molar-refractivity contribution is 7.19. The summed E-state index contributed by atoms with van der Waals surface area (Å²) in [6.45, 7) is 4.00. The van der Waals surface area contributed by atoms with Crippen LogP contribution in [-0.4, -0.2) is 29.6 Å². The van der Waals surface area contributed by atoms with Gasteiger partial charge in [-0.15, -0.1) is 10.2 Å². The van der Waals surface area contributed by atoms with E-state index in [0.29, 0.717) is 20.8 Å². The van der Waals surface area contributed by atoms with E-state index in [4.69, 9.17) is 23.2 Å². The lowest BCUT2D eigenvalue weighted by molar-refractivity contribution is 0.731. The number of benzene rings is 1. The summed E-state index contributed by atoms with van der Waals surface area (Å²) in [6, 6.07) is 5.27. The van der Waals surface area contributed by atoms with E-state index in [9.17, 15) is 0 Å². The van der Waals surface area contributed by atoms with Crippen LogP contribution in [0.5, 0.6) is 0 Å². The highest BCUT2D eigenvalue weighted by Crippen LogP contribution is 2.33. The maximum absolute atomic E-state index is 6.09. The molecule has 9 heteroatoms. The molecule has 0 amide bonds. The van der Waals surface area contributed by atoms with E-state index in [-0.39, 0.29) is 0 Å². The molecule has 0 aliphatic carbocycles. The number of nitrogens with zero attached hydrogens (tertiary/aromatic N) is 6. The fourth-order valence-electron chi connectivity index (χ4n) is 2.66. The molecule has 0 bridgehead atoms. The monoisotopic (exact) mass is 378 g/mol. The molecule has 3 heterocycles. The lowest BCUT2D eigenvalue weighted by Gasteiger charge is -2.00. The van der Waals surface area contributed by atoms with E-state index < -0.39 is 0 Å². The molecule has 0 saturated carbocycles. The summed E-state index contributed by atoms with van der Waals surface area (Å²) in [5, 5.41) is 19.5. The molecule has 0 aliphatic rings. The molecule has 0 fully saturated rings. The van der Waals surface area contributed by atoms with Gasteiger partial charge in [0.1, 0.15) is 0 Å². The molecule has 1 aromatic carbocycles. The van der Waals surface area contributed by atoms with Gasteiger partial charge in [0.05, 0.1) is 11.3 Å². The SMILES string of the molecule is Cc1nn(C)c(C)c1-c1nn2c(-c3cc(Cl)cc(Cl)c3)nnc2s1. The first-order valence-corrected chi connectivity index (χ1v) is 8.70. The predicted molar refractivity (Wildman–Crippen MR) is 95.8 cm³/mol.